The first-order valence-corrected chi connectivity index (χ1v) is 11.1. The highest BCUT2D eigenvalue weighted by molar-refractivity contribution is 5.79. The average Bonchev–Trinajstić information content (AvgIpc) is 2.82. The molecule has 32 heavy (non-hydrogen) atoms. The Morgan fingerprint density at radius 2 is 1.66 bits per heavy atom. The maximum atomic E-state index is 14.3. The SMILES string of the molecule is O=C(NCCc1ccccc1)C1CC(c2ccccc2)CN(Cc2ccc(F)cc2F)C1. The standard InChI is InChI=1S/C27H28F2N2O/c28-25-12-11-22(26(29)16-25)17-31-18-23(21-9-5-2-6-10-21)15-24(19-31)27(32)30-14-13-20-7-3-1-4-8-20/h1-12,16,23-24H,13-15,17-19H2,(H,30,32). The number of likely N-dealkylation sites (tertiary alicyclic amines) is 1. The van der Waals surface area contributed by atoms with E-state index < -0.39 is 11.6 Å². The Morgan fingerprint density at radius 1 is 0.938 bits per heavy atom. The van der Waals surface area contributed by atoms with Crippen LogP contribution in [-0.2, 0) is 17.8 Å². The highest BCUT2D eigenvalue weighted by atomic mass is 19.1. The predicted octanol–water partition coefficient (Wildman–Crippen LogP) is 4.93. The van der Waals surface area contributed by atoms with Crippen molar-refractivity contribution in [1.29, 1.82) is 0 Å². The van der Waals surface area contributed by atoms with Crippen molar-refractivity contribution in [3.63, 3.8) is 0 Å². The van der Waals surface area contributed by atoms with Gasteiger partial charge in [-0.1, -0.05) is 66.7 Å². The van der Waals surface area contributed by atoms with E-state index in [-0.39, 0.29) is 17.7 Å². The quantitative estimate of drug-likeness (QED) is 0.572. The molecule has 0 spiro atoms. The summed E-state index contributed by atoms with van der Waals surface area (Å²) in [6, 6.07) is 23.9. The molecule has 3 aromatic rings. The van der Waals surface area contributed by atoms with Crippen molar-refractivity contribution in [2.45, 2.75) is 25.3 Å². The molecule has 2 atom stereocenters. The Bertz CT molecular complexity index is 1030. The zero-order valence-corrected chi connectivity index (χ0v) is 18.0. The van der Waals surface area contributed by atoms with Crippen LogP contribution in [-0.4, -0.2) is 30.4 Å². The second-order valence-electron chi connectivity index (χ2n) is 8.50. The second kappa shape index (κ2) is 10.5. The van der Waals surface area contributed by atoms with Gasteiger partial charge in [0.25, 0.3) is 0 Å². The Morgan fingerprint density at radius 3 is 2.38 bits per heavy atom. The molecular weight excluding hydrogens is 406 g/mol. The van der Waals surface area contributed by atoms with Gasteiger partial charge in [-0.2, -0.15) is 0 Å². The van der Waals surface area contributed by atoms with Crippen LogP contribution in [0.25, 0.3) is 0 Å². The number of rotatable bonds is 7. The van der Waals surface area contributed by atoms with E-state index in [9.17, 15) is 13.6 Å². The number of nitrogens with one attached hydrogen (secondary N) is 1. The van der Waals surface area contributed by atoms with E-state index in [1.54, 1.807) is 0 Å². The highest BCUT2D eigenvalue weighted by Crippen LogP contribution is 2.31. The first-order chi connectivity index (χ1) is 15.6. The Hall–Kier alpha value is -3.05. The number of hydrogen-bond donors (Lipinski definition) is 1. The molecule has 1 amide bonds. The molecule has 0 radical (unpaired) electrons. The third-order valence-corrected chi connectivity index (χ3v) is 6.13. The fourth-order valence-electron chi connectivity index (χ4n) is 4.49. The number of amides is 1. The van der Waals surface area contributed by atoms with Crippen LogP contribution in [0.5, 0.6) is 0 Å². The van der Waals surface area contributed by atoms with Crippen LogP contribution in [0.1, 0.15) is 29.0 Å². The first-order valence-electron chi connectivity index (χ1n) is 11.1. The minimum atomic E-state index is -0.581. The molecule has 3 aromatic carbocycles. The van der Waals surface area contributed by atoms with Gasteiger partial charge in [0, 0.05) is 37.8 Å². The lowest BCUT2D eigenvalue weighted by atomic mass is 9.84. The van der Waals surface area contributed by atoms with Crippen LogP contribution in [0.2, 0.25) is 0 Å². The number of carbonyl (C=O) groups is 1. The normalized spacial score (nSPS) is 18.9. The molecule has 0 aliphatic carbocycles. The predicted molar refractivity (Wildman–Crippen MR) is 122 cm³/mol. The minimum Gasteiger partial charge on any atom is -0.355 e. The topological polar surface area (TPSA) is 32.3 Å². The van der Waals surface area contributed by atoms with Crippen molar-refractivity contribution in [2.24, 2.45) is 5.92 Å². The molecular formula is C27H28F2N2O. The summed E-state index contributed by atoms with van der Waals surface area (Å²) in [4.78, 5) is 15.1. The summed E-state index contributed by atoms with van der Waals surface area (Å²) in [6.45, 7) is 2.22. The van der Waals surface area contributed by atoms with Gasteiger partial charge in [-0.15, -0.1) is 0 Å². The molecule has 1 fully saturated rings. The smallest absolute Gasteiger partial charge is 0.224 e. The Balaban J connectivity index is 1.44. The second-order valence-corrected chi connectivity index (χ2v) is 8.50. The van der Waals surface area contributed by atoms with Crippen molar-refractivity contribution in [3.8, 4) is 0 Å². The first kappa shape index (κ1) is 22.2. The molecule has 3 nitrogen and oxygen atoms in total. The van der Waals surface area contributed by atoms with Crippen LogP contribution in [0, 0.1) is 17.6 Å². The van der Waals surface area contributed by atoms with E-state index in [2.05, 4.69) is 34.5 Å². The van der Waals surface area contributed by atoms with Gasteiger partial charge in [-0.25, -0.2) is 8.78 Å². The summed E-state index contributed by atoms with van der Waals surface area (Å²) in [5, 5.41) is 3.09. The van der Waals surface area contributed by atoms with Gasteiger partial charge in [-0.3, -0.25) is 9.69 Å². The monoisotopic (exact) mass is 434 g/mol. The molecule has 2 unspecified atom stereocenters. The molecule has 5 heteroatoms. The third kappa shape index (κ3) is 5.80. The molecule has 0 aromatic heterocycles. The summed E-state index contributed by atoms with van der Waals surface area (Å²) in [6.07, 6.45) is 1.54. The fourth-order valence-corrected chi connectivity index (χ4v) is 4.49. The Kier molecular flexibility index (Phi) is 7.28. The molecule has 0 bridgehead atoms. The van der Waals surface area contributed by atoms with Crippen LogP contribution < -0.4 is 5.32 Å². The average molecular weight is 435 g/mol. The van der Waals surface area contributed by atoms with Gasteiger partial charge >= 0.3 is 0 Å². The Labute approximate surface area is 188 Å². The largest absolute Gasteiger partial charge is 0.355 e. The van der Waals surface area contributed by atoms with E-state index in [0.717, 1.165) is 25.5 Å². The van der Waals surface area contributed by atoms with Crippen molar-refractivity contribution < 1.29 is 13.6 Å². The molecule has 1 aliphatic rings. The van der Waals surface area contributed by atoms with Crippen LogP contribution in [0.15, 0.2) is 78.9 Å². The fraction of sp³-hybridized carbons (Fsp3) is 0.296. The maximum Gasteiger partial charge on any atom is 0.224 e. The summed E-state index contributed by atoms with van der Waals surface area (Å²) < 4.78 is 27.6. The van der Waals surface area contributed by atoms with E-state index >= 15 is 0 Å². The lowest BCUT2D eigenvalue weighted by Crippen LogP contribution is -2.45. The molecule has 1 heterocycles. The van der Waals surface area contributed by atoms with E-state index in [1.165, 1.54) is 23.3 Å². The van der Waals surface area contributed by atoms with Crippen LogP contribution in [0.4, 0.5) is 8.78 Å². The molecule has 1 N–H and O–H groups in total. The van der Waals surface area contributed by atoms with Gasteiger partial charge in [0.1, 0.15) is 11.6 Å². The lowest BCUT2D eigenvalue weighted by molar-refractivity contribution is -0.127. The number of nitrogens with zero attached hydrogens (tertiary/aromatic N) is 1. The van der Waals surface area contributed by atoms with E-state index in [4.69, 9.17) is 0 Å². The molecule has 4 rings (SSSR count). The van der Waals surface area contributed by atoms with E-state index in [1.807, 2.05) is 36.4 Å². The molecule has 1 saturated heterocycles. The molecule has 166 valence electrons. The number of halogens is 2. The number of carbonyl (C=O) groups excluding carboxylic acids is 1. The lowest BCUT2D eigenvalue weighted by Gasteiger charge is -2.37. The van der Waals surface area contributed by atoms with Crippen molar-refractivity contribution >= 4 is 5.91 Å². The zero-order chi connectivity index (χ0) is 22.3. The van der Waals surface area contributed by atoms with Gasteiger partial charge < -0.3 is 5.32 Å². The van der Waals surface area contributed by atoms with Crippen molar-refractivity contribution in [2.75, 3.05) is 19.6 Å². The summed E-state index contributed by atoms with van der Waals surface area (Å²) in [5.74, 6) is -1.10. The van der Waals surface area contributed by atoms with Crippen molar-refractivity contribution in [1.82, 2.24) is 10.2 Å². The third-order valence-electron chi connectivity index (χ3n) is 6.13. The number of hydrogen-bond acceptors (Lipinski definition) is 2. The summed E-state index contributed by atoms with van der Waals surface area (Å²) >= 11 is 0. The molecule has 1 aliphatic heterocycles. The van der Waals surface area contributed by atoms with Gasteiger partial charge in [0.15, 0.2) is 0 Å². The van der Waals surface area contributed by atoms with Gasteiger partial charge in [0.05, 0.1) is 5.92 Å². The number of benzene rings is 3. The van der Waals surface area contributed by atoms with Gasteiger partial charge in [-0.05, 0) is 36.0 Å². The minimum absolute atomic E-state index is 0.0335. The number of piperidine rings is 1. The van der Waals surface area contributed by atoms with Crippen molar-refractivity contribution in [3.05, 3.63) is 107 Å². The van der Waals surface area contributed by atoms with Gasteiger partial charge in [0.2, 0.25) is 5.91 Å². The summed E-state index contributed by atoms with van der Waals surface area (Å²) in [7, 11) is 0. The highest BCUT2D eigenvalue weighted by Gasteiger charge is 2.32. The van der Waals surface area contributed by atoms with Crippen LogP contribution in [0.3, 0.4) is 0 Å². The maximum absolute atomic E-state index is 14.3. The zero-order valence-electron chi connectivity index (χ0n) is 18.0. The summed E-state index contributed by atoms with van der Waals surface area (Å²) in [5.41, 5.74) is 2.81. The molecule has 0 saturated carbocycles. The van der Waals surface area contributed by atoms with Crippen LogP contribution >= 0.6 is 0 Å². The van der Waals surface area contributed by atoms with E-state index in [0.29, 0.717) is 25.2 Å².